The van der Waals surface area contributed by atoms with E-state index in [0.29, 0.717) is 16.5 Å². The average molecular weight is 346 g/mol. The van der Waals surface area contributed by atoms with Gasteiger partial charge in [-0.1, -0.05) is 49.0 Å². The van der Waals surface area contributed by atoms with Crippen LogP contribution in [0.5, 0.6) is 0 Å². The lowest BCUT2D eigenvalue weighted by Gasteiger charge is -2.12. The molecule has 0 saturated carbocycles. The third-order valence-corrected chi connectivity index (χ3v) is 4.33. The van der Waals surface area contributed by atoms with Crippen molar-refractivity contribution < 1.29 is 9.90 Å². The molecule has 0 aromatic heterocycles. The van der Waals surface area contributed by atoms with Crippen molar-refractivity contribution in [3.63, 3.8) is 0 Å². The van der Waals surface area contributed by atoms with Crippen molar-refractivity contribution in [2.75, 3.05) is 13.1 Å². The first kappa shape index (κ1) is 19.3. The average Bonchev–Trinajstić information content (AvgIpc) is 2.47. The highest BCUT2D eigenvalue weighted by Gasteiger charge is 2.15. The van der Waals surface area contributed by atoms with Crippen LogP contribution in [0.25, 0.3) is 0 Å². The summed E-state index contributed by atoms with van der Waals surface area (Å²) in [7, 11) is 0. The molecule has 0 aliphatic rings. The molecule has 0 saturated heterocycles. The molecular weight excluding hydrogens is 321 g/mol. The molecule has 0 heterocycles. The number of aryl methyl sites for hydroxylation is 1. The Bertz CT molecular complexity index is 466. The minimum atomic E-state index is -0.678. The first-order valence-electron chi connectivity index (χ1n) is 7.92. The van der Waals surface area contributed by atoms with Gasteiger partial charge in [-0.25, -0.2) is 0 Å². The van der Waals surface area contributed by atoms with Crippen LogP contribution >= 0.6 is 23.2 Å². The maximum atomic E-state index is 11.1. The van der Waals surface area contributed by atoms with Crippen LogP contribution in [0.15, 0.2) is 18.2 Å². The molecule has 1 aromatic carbocycles. The molecule has 0 spiro atoms. The Hall–Kier alpha value is -0.770. The van der Waals surface area contributed by atoms with E-state index in [4.69, 9.17) is 28.3 Å². The number of unbranched alkanes of at least 4 members (excludes halogenated alkanes) is 1. The molecular formula is C17H25Cl2NO2. The number of hydrogen-bond donors (Lipinski definition) is 2. The SMILES string of the molecule is CCCCC(CCNCCCc1ccc(Cl)cc1Cl)C(=O)O. The van der Waals surface area contributed by atoms with Crippen LogP contribution in [-0.2, 0) is 11.2 Å². The normalized spacial score (nSPS) is 12.3. The second kappa shape index (κ2) is 10.9. The second-order valence-electron chi connectivity index (χ2n) is 5.56. The smallest absolute Gasteiger partial charge is 0.306 e. The van der Waals surface area contributed by atoms with Gasteiger partial charge in [-0.15, -0.1) is 0 Å². The zero-order chi connectivity index (χ0) is 16.4. The highest BCUT2D eigenvalue weighted by Crippen LogP contribution is 2.21. The van der Waals surface area contributed by atoms with Crippen molar-refractivity contribution in [3.8, 4) is 0 Å². The largest absolute Gasteiger partial charge is 0.481 e. The molecule has 0 radical (unpaired) electrons. The van der Waals surface area contributed by atoms with E-state index in [9.17, 15) is 4.79 Å². The van der Waals surface area contributed by atoms with Gasteiger partial charge in [-0.3, -0.25) is 4.79 Å². The van der Waals surface area contributed by atoms with Crippen LogP contribution < -0.4 is 5.32 Å². The standard InChI is InChI=1S/C17H25Cl2NO2/c1-2-3-5-14(17(21)22)9-11-20-10-4-6-13-7-8-15(18)12-16(13)19/h7-8,12,14,20H,2-6,9-11H2,1H3,(H,21,22). The van der Waals surface area contributed by atoms with E-state index in [-0.39, 0.29) is 5.92 Å². The summed E-state index contributed by atoms with van der Waals surface area (Å²) < 4.78 is 0. The maximum Gasteiger partial charge on any atom is 0.306 e. The topological polar surface area (TPSA) is 49.3 Å². The minimum absolute atomic E-state index is 0.224. The third-order valence-electron chi connectivity index (χ3n) is 3.74. The van der Waals surface area contributed by atoms with Crippen molar-refractivity contribution in [2.24, 2.45) is 5.92 Å². The predicted molar refractivity (Wildman–Crippen MR) is 92.9 cm³/mol. The first-order valence-corrected chi connectivity index (χ1v) is 8.67. The highest BCUT2D eigenvalue weighted by atomic mass is 35.5. The van der Waals surface area contributed by atoms with Gasteiger partial charge in [-0.2, -0.15) is 0 Å². The lowest BCUT2D eigenvalue weighted by atomic mass is 9.99. The minimum Gasteiger partial charge on any atom is -0.481 e. The van der Waals surface area contributed by atoms with Crippen LogP contribution in [0.2, 0.25) is 10.0 Å². The summed E-state index contributed by atoms with van der Waals surface area (Å²) in [6, 6.07) is 5.56. The predicted octanol–water partition coefficient (Wildman–Crippen LogP) is 4.80. The van der Waals surface area contributed by atoms with Crippen molar-refractivity contribution in [2.45, 2.75) is 45.4 Å². The zero-order valence-electron chi connectivity index (χ0n) is 13.1. The quantitative estimate of drug-likeness (QED) is 0.566. The maximum absolute atomic E-state index is 11.1. The number of carboxylic acids is 1. The van der Waals surface area contributed by atoms with Gasteiger partial charge in [0.05, 0.1) is 5.92 Å². The van der Waals surface area contributed by atoms with Crippen LogP contribution in [-0.4, -0.2) is 24.2 Å². The Balaban J connectivity index is 2.18. The Morgan fingerprint density at radius 3 is 2.64 bits per heavy atom. The molecule has 22 heavy (non-hydrogen) atoms. The van der Waals surface area contributed by atoms with Crippen molar-refractivity contribution in [1.82, 2.24) is 5.32 Å². The molecule has 124 valence electrons. The molecule has 0 fully saturated rings. The number of carboxylic acid groups (broad SMARTS) is 1. The van der Waals surface area contributed by atoms with Crippen LogP contribution in [0.4, 0.5) is 0 Å². The number of halogens is 2. The number of hydrogen-bond acceptors (Lipinski definition) is 2. The van der Waals surface area contributed by atoms with E-state index in [1.165, 1.54) is 0 Å². The van der Waals surface area contributed by atoms with Gasteiger partial charge in [0.15, 0.2) is 0 Å². The summed E-state index contributed by atoms with van der Waals surface area (Å²) in [5, 5.41) is 13.8. The van der Waals surface area contributed by atoms with E-state index >= 15 is 0 Å². The fraction of sp³-hybridized carbons (Fsp3) is 0.588. The van der Waals surface area contributed by atoms with Crippen molar-refractivity contribution in [3.05, 3.63) is 33.8 Å². The van der Waals surface area contributed by atoms with Gasteiger partial charge in [0.25, 0.3) is 0 Å². The van der Waals surface area contributed by atoms with E-state index in [1.807, 2.05) is 12.1 Å². The second-order valence-corrected chi connectivity index (χ2v) is 6.40. The van der Waals surface area contributed by atoms with Crippen LogP contribution in [0, 0.1) is 5.92 Å². The zero-order valence-corrected chi connectivity index (χ0v) is 14.6. The van der Waals surface area contributed by atoms with E-state index in [0.717, 1.165) is 50.8 Å². The van der Waals surface area contributed by atoms with Crippen molar-refractivity contribution in [1.29, 1.82) is 0 Å². The fourth-order valence-electron chi connectivity index (χ4n) is 2.37. The number of nitrogens with one attached hydrogen (secondary N) is 1. The molecule has 0 aliphatic heterocycles. The van der Waals surface area contributed by atoms with Gasteiger partial charge < -0.3 is 10.4 Å². The molecule has 1 unspecified atom stereocenters. The van der Waals surface area contributed by atoms with Crippen molar-refractivity contribution >= 4 is 29.2 Å². The van der Waals surface area contributed by atoms with E-state index in [1.54, 1.807) is 6.07 Å². The van der Waals surface area contributed by atoms with Crippen LogP contribution in [0.3, 0.4) is 0 Å². The van der Waals surface area contributed by atoms with Gasteiger partial charge >= 0.3 is 5.97 Å². The molecule has 2 N–H and O–H groups in total. The third kappa shape index (κ3) is 7.48. The summed E-state index contributed by atoms with van der Waals surface area (Å²) in [5.41, 5.74) is 1.10. The van der Waals surface area contributed by atoms with E-state index in [2.05, 4.69) is 12.2 Å². The number of benzene rings is 1. The molecule has 1 aromatic rings. The van der Waals surface area contributed by atoms with Crippen LogP contribution in [0.1, 0.15) is 44.6 Å². The highest BCUT2D eigenvalue weighted by molar-refractivity contribution is 6.35. The van der Waals surface area contributed by atoms with Gasteiger partial charge in [0, 0.05) is 10.0 Å². The summed E-state index contributed by atoms with van der Waals surface area (Å²) in [6.07, 6.45) is 5.34. The molecule has 1 rings (SSSR count). The van der Waals surface area contributed by atoms with Gasteiger partial charge in [0.2, 0.25) is 0 Å². The fourth-order valence-corrected chi connectivity index (χ4v) is 2.87. The molecule has 0 aliphatic carbocycles. The molecule has 0 amide bonds. The molecule has 5 heteroatoms. The molecule has 3 nitrogen and oxygen atoms in total. The summed E-state index contributed by atoms with van der Waals surface area (Å²) in [6.45, 7) is 3.69. The van der Waals surface area contributed by atoms with Gasteiger partial charge in [-0.05, 0) is 56.5 Å². The van der Waals surface area contributed by atoms with Gasteiger partial charge in [0.1, 0.15) is 0 Å². The molecule has 0 bridgehead atoms. The summed E-state index contributed by atoms with van der Waals surface area (Å²) in [5.74, 6) is -0.902. The lowest BCUT2D eigenvalue weighted by Crippen LogP contribution is -2.23. The Morgan fingerprint density at radius 1 is 1.23 bits per heavy atom. The Labute approximate surface area is 143 Å². The first-order chi connectivity index (χ1) is 10.5. The van der Waals surface area contributed by atoms with E-state index < -0.39 is 5.97 Å². The Morgan fingerprint density at radius 2 is 2.00 bits per heavy atom. The number of aliphatic carboxylic acids is 1. The summed E-state index contributed by atoms with van der Waals surface area (Å²) >= 11 is 12.0. The number of carbonyl (C=O) groups is 1. The Kier molecular flexibility index (Phi) is 9.53. The lowest BCUT2D eigenvalue weighted by molar-refractivity contribution is -0.142. The summed E-state index contributed by atoms with van der Waals surface area (Å²) in [4.78, 5) is 11.1. The molecule has 1 atom stereocenters. The number of rotatable bonds is 11. The monoisotopic (exact) mass is 345 g/mol.